The number of nitrogens with zero attached hydrogens (tertiary/aromatic N) is 3. The molecule has 8 nitrogen and oxygen atoms in total. The second kappa shape index (κ2) is 8.29. The largest absolute Gasteiger partial charge is 0.493 e. The predicted octanol–water partition coefficient (Wildman–Crippen LogP) is 5.51. The molecule has 0 N–H and O–H groups in total. The number of nitro groups is 1. The van der Waals surface area contributed by atoms with Gasteiger partial charge in [-0.15, -0.1) is 0 Å². The first kappa shape index (κ1) is 21.1. The lowest BCUT2D eigenvalue weighted by Crippen LogP contribution is -2.33. The first-order chi connectivity index (χ1) is 16.0. The van der Waals surface area contributed by atoms with Crippen molar-refractivity contribution in [1.82, 2.24) is 5.01 Å². The van der Waals surface area contributed by atoms with E-state index in [2.05, 4.69) is 0 Å². The van der Waals surface area contributed by atoms with Crippen molar-refractivity contribution in [3.05, 3.63) is 92.5 Å². The molecule has 33 heavy (non-hydrogen) atoms. The topological polar surface area (TPSA) is 86.4 Å². The van der Waals surface area contributed by atoms with Gasteiger partial charge < -0.3 is 14.2 Å². The fourth-order valence-corrected chi connectivity index (χ4v) is 4.44. The fraction of sp³-hybridized carbons (Fsp3) is 0.208. The first-order valence-corrected chi connectivity index (χ1v) is 10.6. The molecule has 2 atom stereocenters. The zero-order valence-electron chi connectivity index (χ0n) is 17.9. The number of benzene rings is 3. The zero-order valence-corrected chi connectivity index (χ0v) is 18.7. The Hall–Kier alpha value is -3.78. The molecule has 0 bridgehead atoms. The number of methoxy groups -OCH3 is 2. The Balaban J connectivity index is 1.59. The standard InChI is InChI=1S/C24H20ClN3O5/c1-31-22-8-6-14(11-23(22)32-2)19-13-20-18-12-16(25)7-9-21(18)33-24(27(20)26-19)15-4-3-5-17(10-15)28(29)30/h3-12,20,24H,13H2,1-2H3/t20-,24+/m1/s1. The van der Waals surface area contributed by atoms with E-state index in [0.29, 0.717) is 34.3 Å². The number of rotatable bonds is 5. The molecule has 0 saturated carbocycles. The Bertz CT molecular complexity index is 1280. The highest BCUT2D eigenvalue weighted by molar-refractivity contribution is 6.30. The van der Waals surface area contributed by atoms with Crippen molar-refractivity contribution < 1.29 is 19.1 Å². The summed E-state index contributed by atoms with van der Waals surface area (Å²) in [5.41, 5.74) is 3.30. The highest BCUT2D eigenvalue weighted by atomic mass is 35.5. The summed E-state index contributed by atoms with van der Waals surface area (Å²) in [7, 11) is 3.18. The first-order valence-electron chi connectivity index (χ1n) is 10.3. The van der Waals surface area contributed by atoms with Crippen molar-refractivity contribution in [1.29, 1.82) is 0 Å². The van der Waals surface area contributed by atoms with E-state index in [0.717, 1.165) is 16.8 Å². The minimum absolute atomic E-state index is 0.00200. The summed E-state index contributed by atoms with van der Waals surface area (Å²) in [6, 6.07) is 17.4. The summed E-state index contributed by atoms with van der Waals surface area (Å²) in [6.45, 7) is 0. The Morgan fingerprint density at radius 3 is 2.67 bits per heavy atom. The summed E-state index contributed by atoms with van der Waals surface area (Å²) in [5, 5.41) is 18.7. The molecule has 0 aromatic heterocycles. The molecular formula is C24H20ClN3O5. The van der Waals surface area contributed by atoms with Crippen LogP contribution in [-0.2, 0) is 0 Å². The predicted molar refractivity (Wildman–Crippen MR) is 123 cm³/mol. The van der Waals surface area contributed by atoms with E-state index in [1.54, 1.807) is 32.4 Å². The SMILES string of the molecule is COc1ccc(C2=NN3[C@H](C2)c2cc(Cl)ccc2O[C@H]3c2cccc([N+](=O)[O-])c2)cc1OC. The highest BCUT2D eigenvalue weighted by Gasteiger charge is 2.41. The maximum Gasteiger partial charge on any atom is 0.269 e. The molecule has 0 fully saturated rings. The van der Waals surface area contributed by atoms with Crippen molar-refractivity contribution in [2.24, 2.45) is 5.10 Å². The van der Waals surface area contributed by atoms with Crippen molar-refractivity contribution in [3.8, 4) is 17.2 Å². The molecule has 5 rings (SSSR count). The molecule has 3 aromatic rings. The van der Waals surface area contributed by atoms with Gasteiger partial charge in [0.15, 0.2) is 11.5 Å². The van der Waals surface area contributed by atoms with Gasteiger partial charge in [0.25, 0.3) is 5.69 Å². The second-order valence-corrected chi connectivity index (χ2v) is 8.16. The molecule has 2 aliphatic rings. The Morgan fingerprint density at radius 2 is 1.91 bits per heavy atom. The molecule has 2 heterocycles. The quantitative estimate of drug-likeness (QED) is 0.365. The van der Waals surface area contributed by atoms with Gasteiger partial charge in [0.1, 0.15) is 5.75 Å². The van der Waals surface area contributed by atoms with E-state index in [1.165, 1.54) is 12.1 Å². The van der Waals surface area contributed by atoms with Crippen LogP contribution in [0.3, 0.4) is 0 Å². The maximum absolute atomic E-state index is 11.3. The molecule has 0 saturated heterocycles. The lowest BCUT2D eigenvalue weighted by molar-refractivity contribution is -0.385. The average Bonchev–Trinajstić information content (AvgIpc) is 3.29. The van der Waals surface area contributed by atoms with Crippen LogP contribution in [0.1, 0.15) is 35.4 Å². The third-order valence-corrected chi connectivity index (χ3v) is 6.07. The lowest BCUT2D eigenvalue weighted by Gasteiger charge is -2.38. The molecular weight excluding hydrogens is 446 g/mol. The van der Waals surface area contributed by atoms with Crippen LogP contribution in [0.15, 0.2) is 65.8 Å². The molecule has 0 unspecified atom stereocenters. The molecule has 0 amide bonds. The third kappa shape index (κ3) is 3.72. The molecule has 2 aliphatic heterocycles. The van der Waals surface area contributed by atoms with Gasteiger partial charge >= 0.3 is 0 Å². The van der Waals surface area contributed by atoms with E-state index in [9.17, 15) is 10.1 Å². The number of halogens is 1. The summed E-state index contributed by atoms with van der Waals surface area (Å²) in [5.74, 6) is 1.92. The minimum Gasteiger partial charge on any atom is -0.493 e. The van der Waals surface area contributed by atoms with Crippen LogP contribution in [0.25, 0.3) is 0 Å². The van der Waals surface area contributed by atoms with Gasteiger partial charge in [-0.3, -0.25) is 10.1 Å². The molecule has 3 aromatic carbocycles. The van der Waals surface area contributed by atoms with Gasteiger partial charge in [-0.05, 0) is 36.4 Å². The minimum atomic E-state index is -0.624. The summed E-state index contributed by atoms with van der Waals surface area (Å²) >= 11 is 6.29. The van der Waals surface area contributed by atoms with Gasteiger partial charge in [-0.1, -0.05) is 23.7 Å². The van der Waals surface area contributed by atoms with Gasteiger partial charge in [-0.2, -0.15) is 5.10 Å². The second-order valence-electron chi connectivity index (χ2n) is 7.72. The highest BCUT2D eigenvalue weighted by Crippen LogP contribution is 2.48. The Morgan fingerprint density at radius 1 is 1.09 bits per heavy atom. The smallest absolute Gasteiger partial charge is 0.269 e. The molecule has 168 valence electrons. The zero-order chi connectivity index (χ0) is 23.1. The van der Waals surface area contributed by atoms with Crippen molar-refractivity contribution >= 4 is 23.0 Å². The summed E-state index contributed by atoms with van der Waals surface area (Å²) in [4.78, 5) is 10.9. The number of non-ortho nitro benzene ring substituents is 1. The number of hydrazone groups is 1. The van der Waals surface area contributed by atoms with Crippen LogP contribution >= 0.6 is 11.6 Å². The van der Waals surface area contributed by atoms with Gasteiger partial charge in [0, 0.05) is 40.3 Å². The van der Waals surface area contributed by atoms with Crippen molar-refractivity contribution in [3.63, 3.8) is 0 Å². The van der Waals surface area contributed by atoms with Crippen LogP contribution in [-0.4, -0.2) is 29.9 Å². The van der Waals surface area contributed by atoms with E-state index in [4.69, 9.17) is 30.9 Å². The van der Waals surface area contributed by atoms with E-state index in [1.807, 2.05) is 35.3 Å². The van der Waals surface area contributed by atoms with Crippen LogP contribution in [0, 0.1) is 10.1 Å². The van der Waals surface area contributed by atoms with Crippen molar-refractivity contribution in [2.45, 2.75) is 18.7 Å². The lowest BCUT2D eigenvalue weighted by atomic mass is 9.95. The molecule has 0 spiro atoms. The Kier molecular flexibility index (Phi) is 5.30. The van der Waals surface area contributed by atoms with Crippen molar-refractivity contribution in [2.75, 3.05) is 14.2 Å². The van der Waals surface area contributed by atoms with Crippen LogP contribution < -0.4 is 14.2 Å². The fourth-order valence-electron chi connectivity index (χ4n) is 4.26. The normalized spacial score (nSPS) is 18.6. The van der Waals surface area contributed by atoms with Crippen LogP contribution in [0.4, 0.5) is 5.69 Å². The summed E-state index contributed by atoms with van der Waals surface area (Å²) in [6.07, 6.45) is -0.0151. The average molecular weight is 466 g/mol. The van der Waals surface area contributed by atoms with E-state index >= 15 is 0 Å². The van der Waals surface area contributed by atoms with Gasteiger partial charge in [0.2, 0.25) is 6.23 Å². The molecule has 0 aliphatic carbocycles. The number of hydrogen-bond donors (Lipinski definition) is 0. The number of fused-ring (bicyclic) bond motifs is 3. The van der Waals surface area contributed by atoms with Crippen LogP contribution in [0.5, 0.6) is 17.2 Å². The number of ether oxygens (including phenoxy) is 3. The van der Waals surface area contributed by atoms with Gasteiger partial charge in [0.05, 0.1) is 30.9 Å². The number of nitro benzene ring substituents is 1. The van der Waals surface area contributed by atoms with Gasteiger partial charge in [-0.25, -0.2) is 5.01 Å². The van der Waals surface area contributed by atoms with Crippen LogP contribution in [0.2, 0.25) is 5.02 Å². The maximum atomic E-state index is 11.3. The Labute approximate surface area is 195 Å². The third-order valence-electron chi connectivity index (χ3n) is 5.83. The summed E-state index contributed by atoms with van der Waals surface area (Å²) < 4.78 is 17.1. The van der Waals surface area contributed by atoms with E-state index < -0.39 is 11.2 Å². The molecule has 9 heteroatoms. The van der Waals surface area contributed by atoms with E-state index in [-0.39, 0.29) is 11.7 Å². The molecule has 0 radical (unpaired) electrons. The monoisotopic (exact) mass is 465 g/mol. The number of hydrogen-bond acceptors (Lipinski definition) is 7.